The molecule has 0 aliphatic rings. The molecule has 0 aliphatic carbocycles. The van der Waals surface area contributed by atoms with E-state index in [2.05, 4.69) is 9.97 Å². The lowest BCUT2D eigenvalue weighted by Gasteiger charge is -2.10. The highest BCUT2D eigenvalue weighted by molar-refractivity contribution is 7.71. The van der Waals surface area contributed by atoms with E-state index < -0.39 is 17.6 Å². The average molecular weight is 288 g/mol. The van der Waals surface area contributed by atoms with Gasteiger partial charge < -0.3 is 4.98 Å². The van der Waals surface area contributed by atoms with E-state index in [9.17, 15) is 17.6 Å². The Morgan fingerprint density at radius 3 is 2.47 bits per heavy atom. The fourth-order valence-corrected chi connectivity index (χ4v) is 1.90. The van der Waals surface area contributed by atoms with Crippen LogP contribution in [0.15, 0.2) is 24.3 Å². The van der Waals surface area contributed by atoms with Gasteiger partial charge in [-0.2, -0.15) is 13.2 Å². The van der Waals surface area contributed by atoms with Gasteiger partial charge in [0, 0.05) is 5.69 Å². The summed E-state index contributed by atoms with van der Waals surface area (Å²) in [5.74, 6) is -0.832. The number of nitrogens with one attached hydrogen (secondary N) is 1. The van der Waals surface area contributed by atoms with Crippen molar-refractivity contribution < 1.29 is 17.6 Å². The van der Waals surface area contributed by atoms with Gasteiger partial charge in [0.2, 0.25) is 0 Å². The van der Waals surface area contributed by atoms with E-state index >= 15 is 0 Å². The molecule has 0 radical (unpaired) electrons. The molecule has 19 heavy (non-hydrogen) atoms. The highest BCUT2D eigenvalue weighted by atomic mass is 32.1. The first kappa shape index (κ1) is 13.7. The van der Waals surface area contributed by atoms with E-state index in [1.165, 1.54) is 12.1 Å². The minimum absolute atomic E-state index is 0.199. The van der Waals surface area contributed by atoms with Crippen molar-refractivity contribution in [2.75, 3.05) is 0 Å². The number of nitrogens with zero attached hydrogens (tertiary/aromatic N) is 1. The van der Waals surface area contributed by atoms with E-state index in [4.69, 9.17) is 12.2 Å². The zero-order valence-corrected chi connectivity index (χ0v) is 10.5. The van der Waals surface area contributed by atoms with Crippen LogP contribution in [0.2, 0.25) is 0 Å². The Labute approximate surface area is 111 Å². The van der Waals surface area contributed by atoms with Crippen LogP contribution in [0.25, 0.3) is 11.3 Å². The van der Waals surface area contributed by atoms with Gasteiger partial charge in [0.25, 0.3) is 0 Å². The number of H-pyrrole nitrogens is 1. The van der Waals surface area contributed by atoms with Gasteiger partial charge in [0.05, 0.1) is 5.56 Å². The Bertz CT molecular complexity index is 676. The normalized spacial score (nSPS) is 11.6. The maximum absolute atomic E-state index is 13.2. The molecule has 2 aromatic rings. The summed E-state index contributed by atoms with van der Waals surface area (Å²) < 4.78 is 51.3. The second kappa shape index (κ2) is 4.73. The molecule has 2 nitrogen and oxygen atoms in total. The molecule has 0 aliphatic heterocycles. The number of hydrogen-bond acceptors (Lipinski definition) is 2. The molecule has 0 amide bonds. The highest BCUT2D eigenvalue weighted by Gasteiger charge is 2.34. The number of aromatic amines is 1. The zero-order chi connectivity index (χ0) is 14.2. The summed E-state index contributed by atoms with van der Waals surface area (Å²) in [6, 6.07) is 4.21. The molecule has 1 heterocycles. The largest absolute Gasteiger partial charge is 0.419 e. The van der Waals surface area contributed by atoms with E-state index in [0.717, 1.165) is 12.1 Å². The molecule has 7 heteroatoms. The fraction of sp³-hybridized carbons (Fsp3) is 0.167. The van der Waals surface area contributed by atoms with Crippen molar-refractivity contribution in [3.05, 3.63) is 46.1 Å². The molecule has 2 rings (SSSR count). The second-order valence-corrected chi connectivity index (χ2v) is 4.33. The van der Waals surface area contributed by atoms with Crippen LogP contribution in [-0.4, -0.2) is 9.97 Å². The minimum Gasteiger partial charge on any atom is -0.343 e. The number of halogens is 4. The van der Waals surface area contributed by atoms with Crippen LogP contribution < -0.4 is 0 Å². The molecular formula is C12H8F4N2S. The SMILES string of the molecule is Cc1nc(=S)cc(-c2ccc(F)c(C(F)(F)F)c2)[nH]1. The van der Waals surface area contributed by atoms with Gasteiger partial charge in [0.15, 0.2) is 0 Å². The minimum atomic E-state index is -4.74. The Kier molecular flexibility index (Phi) is 3.40. The summed E-state index contributed by atoms with van der Waals surface area (Å²) in [6.07, 6.45) is -4.74. The topological polar surface area (TPSA) is 28.7 Å². The lowest BCUT2D eigenvalue weighted by molar-refractivity contribution is -0.139. The van der Waals surface area contributed by atoms with E-state index in [1.807, 2.05) is 0 Å². The van der Waals surface area contributed by atoms with Crippen LogP contribution in [0.4, 0.5) is 17.6 Å². The molecule has 1 aromatic carbocycles. The Hall–Kier alpha value is -1.76. The van der Waals surface area contributed by atoms with Gasteiger partial charge in [-0.25, -0.2) is 9.37 Å². The molecule has 0 saturated carbocycles. The number of hydrogen-bond donors (Lipinski definition) is 1. The van der Waals surface area contributed by atoms with Gasteiger partial charge in [-0.3, -0.25) is 0 Å². The quantitative estimate of drug-likeness (QED) is 0.627. The number of rotatable bonds is 1. The summed E-state index contributed by atoms with van der Waals surface area (Å²) in [7, 11) is 0. The van der Waals surface area contributed by atoms with Gasteiger partial charge in [0.1, 0.15) is 16.3 Å². The maximum atomic E-state index is 13.2. The molecule has 1 aromatic heterocycles. The first-order valence-corrected chi connectivity index (χ1v) is 5.63. The number of aryl methyl sites for hydroxylation is 1. The first-order chi connectivity index (χ1) is 8.77. The predicted molar refractivity (Wildman–Crippen MR) is 64.6 cm³/mol. The average Bonchev–Trinajstić information content (AvgIpc) is 2.26. The zero-order valence-electron chi connectivity index (χ0n) is 9.68. The van der Waals surface area contributed by atoms with Crippen LogP contribution in [0.5, 0.6) is 0 Å². The predicted octanol–water partition coefficient (Wildman–Crippen LogP) is 4.27. The van der Waals surface area contributed by atoms with E-state index in [-0.39, 0.29) is 10.2 Å². The fourth-order valence-electron chi connectivity index (χ4n) is 1.65. The Morgan fingerprint density at radius 2 is 1.89 bits per heavy atom. The van der Waals surface area contributed by atoms with Crippen molar-refractivity contribution >= 4 is 12.2 Å². The summed E-state index contributed by atoms with van der Waals surface area (Å²) in [5.41, 5.74) is -0.743. The lowest BCUT2D eigenvalue weighted by Crippen LogP contribution is -2.08. The van der Waals surface area contributed by atoms with Crippen molar-refractivity contribution in [3.8, 4) is 11.3 Å². The molecule has 0 saturated heterocycles. The third-order valence-corrected chi connectivity index (χ3v) is 2.65. The Balaban J connectivity index is 2.61. The van der Waals surface area contributed by atoms with Gasteiger partial charge >= 0.3 is 6.18 Å². The van der Waals surface area contributed by atoms with Crippen LogP contribution in [0, 0.1) is 17.4 Å². The molecule has 0 spiro atoms. The third kappa shape index (κ3) is 2.98. The molecule has 100 valence electrons. The third-order valence-electron chi connectivity index (χ3n) is 2.44. The molecule has 0 unspecified atom stereocenters. The molecular weight excluding hydrogens is 280 g/mol. The summed E-state index contributed by atoms with van der Waals surface area (Å²) in [4.78, 5) is 6.71. The van der Waals surface area contributed by atoms with Crippen molar-refractivity contribution in [3.63, 3.8) is 0 Å². The van der Waals surface area contributed by atoms with Gasteiger partial charge in [-0.15, -0.1) is 0 Å². The molecule has 1 N–H and O–H groups in total. The molecule has 0 bridgehead atoms. The van der Waals surface area contributed by atoms with Crippen LogP contribution in [0.3, 0.4) is 0 Å². The van der Waals surface area contributed by atoms with Crippen LogP contribution >= 0.6 is 12.2 Å². The first-order valence-electron chi connectivity index (χ1n) is 5.22. The van der Waals surface area contributed by atoms with Gasteiger partial charge in [-0.1, -0.05) is 12.2 Å². The van der Waals surface area contributed by atoms with E-state index in [0.29, 0.717) is 11.5 Å². The van der Waals surface area contributed by atoms with Crippen molar-refractivity contribution in [2.45, 2.75) is 13.1 Å². The highest BCUT2D eigenvalue weighted by Crippen LogP contribution is 2.33. The van der Waals surface area contributed by atoms with Crippen LogP contribution in [-0.2, 0) is 6.18 Å². The maximum Gasteiger partial charge on any atom is 0.419 e. The van der Waals surface area contributed by atoms with Crippen molar-refractivity contribution in [2.24, 2.45) is 0 Å². The lowest BCUT2D eigenvalue weighted by atomic mass is 10.1. The van der Waals surface area contributed by atoms with Crippen LogP contribution in [0.1, 0.15) is 11.4 Å². The van der Waals surface area contributed by atoms with Crippen molar-refractivity contribution in [1.29, 1.82) is 0 Å². The molecule has 0 fully saturated rings. The number of alkyl halides is 3. The number of aromatic nitrogens is 2. The Morgan fingerprint density at radius 1 is 1.21 bits per heavy atom. The summed E-state index contributed by atoms with van der Waals surface area (Å²) in [5, 5.41) is 0. The van der Waals surface area contributed by atoms with E-state index in [1.54, 1.807) is 6.92 Å². The second-order valence-electron chi connectivity index (χ2n) is 3.91. The molecule has 0 atom stereocenters. The smallest absolute Gasteiger partial charge is 0.343 e. The van der Waals surface area contributed by atoms with Gasteiger partial charge in [-0.05, 0) is 36.8 Å². The standard InChI is InChI=1S/C12H8F4N2S/c1-6-17-10(5-11(19)18-6)7-2-3-9(13)8(4-7)12(14,15)16/h2-5H,1H3,(H,17,18,19). The van der Waals surface area contributed by atoms with Crippen molar-refractivity contribution in [1.82, 2.24) is 9.97 Å². The number of benzene rings is 1. The monoisotopic (exact) mass is 288 g/mol. The summed E-state index contributed by atoms with van der Waals surface area (Å²) >= 11 is 4.89. The summed E-state index contributed by atoms with van der Waals surface area (Å²) in [6.45, 7) is 1.63.